The third kappa shape index (κ3) is 2.97. The predicted octanol–water partition coefficient (Wildman–Crippen LogP) is 3.08. The van der Waals surface area contributed by atoms with E-state index in [1.165, 1.54) is 29.5 Å². The molecule has 0 aliphatic rings. The van der Waals surface area contributed by atoms with Gasteiger partial charge < -0.3 is 11.1 Å². The molecule has 3 N–H and O–H groups in total. The predicted molar refractivity (Wildman–Crippen MR) is 79.3 cm³/mol. The van der Waals surface area contributed by atoms with Gasteiger partial charge in [0.15, 0.2) is 0 Å². The standard InChI is InChI=1S/C13H11FN2OS2/c1-7-4-5-19-11(7)13(17)16-10-3-2-8(14)6-9(10)12(15)18/h2-6H,1H3,(H2,15,18)(H,16,17). The molecule has 98 valence electrons. The molecule has 0 saturated carbocycles. The highest BCUT2D eigenvalue weighted by Crippen LogP contribution is 2.21. The Kier molecular flexibility index (Phi) is 3.92. The van der Waals surface area contributed by atoms with Gasteiger partial charge in [0.2, 0.25) is 0 Å². The second kappa shape index (κ2) is 5.46. The molecule has 0 fully saturated rings. The van der Waals surface area contributed by atoms with Gasteiger partial charge in [-0.05, 0) is 42.1 Å². The van der Waals surface area contributed by atoms with Crippen molar-refractivity contribution in [3.8, 4) is 0 Å². The number of halogens is 1. The topological polar surface area (TPSA) is 55.1 Å². The summed E-state index contributed by atoms with van der Waals surface area (Å²) < 4.78 is 13.2. The Morgan fingerprint density at radius 2 is 2.16 bits per heavy atom. The Balaban J connectivity index is 2.32. The number of anilines is 1. The van der Waals surface area contributed by atoms with Crippen LogP contribution in [0.2, 0.25) is 0 Å². The van der Waals surface area contributed by atoms with E-state index in [9.17, 15) is 9.18 Å². The fraction of sp³-hybridized carbons (Fsp3) is 0.0769. The van der Waals surface area contributed by atoms with Gasteiger partial charge >= 0.3 is 0 Å². The molecule has 1 heterocycles. The van der Waals surface area contributed by atoms with Gasteiger partial charge in [0, 0.05) is 5.56 Å². The highest BCUT2D eigenvalue weighted by Gasteiger charge is 2.14. The number of aryl methyl sites for hydroxylation is 1. The summed E-state index contributed by atoms with van der Waals surface area (Å²) in [4.78, 5) is 12.7. The van der Waals surface area contributed by atoms with Crippen LogP contribution in [0.15, 0.2) is 29.6 Å². The molecular formula is C13H11FN2OS2. The van der Waals surface area contributed by atoms with Crippen LogP contribution >= 0.6 is 23.6 Å². The van der Waals surface area contributed by atoms with Crippen molar-refractivity contribution in [1.82, 2.24) is 0 Å². The van der Waals surface area contributed by atoms with E-state index in [0.29, 0.717) is 16.1 Å². The molecule has 0 unspecified atom stereocenters. The molecule has 1 aromatic carbocycles. The molecule has 2 rings (SSSR count). The van der Waals surface area contributed by atoms with Crippen LogP contribution < -0.4 is 11.1 Å². The largest absolute Gasteiger partial charge is 0.389 e. The minimum absolute atomic E-state index is 0.0395. The van der Waals surface area contributed by atoms with Crippen LogP contribution in [-0.4, -0.2) is 10.9 Å². The number of hydrogen-bond donors (Lipinski definition) is 2. The Bertz CT molecular complexity index is 652. The summed E-state index contributed by atoms with van der Waals surface area (Å²) in [6, 6.07) is 5.77. The first-order valence-electron chi connectivity index (χ1n) is 5.44. The summed E-state index contributed by atoms with van der Waals surface area (Å²) >= 11 is 6.19. The number of thiocarbonyl (C=S) groups is 1. The number of amides is 1. The number of rotatable bonds is 3. The summed E-state index contributed by atoms with van der Waals surface area (Å²) in [7, 11) is 0. The zero-order valence-electron chi connectivity index (χ0n) is 10.1. The molecule has 0 bridgehead atoms. The minimum atomic E-state index is -0.451. The van der Waals surface area contributed by atoms with Gasteiger partial charge in [0.25, 0.3) is 5.91 Å². The first-order chi connectivity index (χ1) is 8.99. The zero-order valence-corrected chi connectivity index (χ0v) is 11.7. The molecule has 3 nitrogen and oxygen atoms in total. The highest BCUT2D eigenvalue weighted by atomic mass is 32.1. The van der Waals surface area contributed by atoms with E-state index in [1.54, 1.807) is 0 Å². The van der Waals surface area contributed by atoms with Crippen molar-refractivity contribution in [3.05, 3.63) is 51.5 Å². The third-order valence-electron chi connectivity index (χ3n) is 2.56. The molecular weight excluding hydrogens is 283 g/mol. The van der Waals surface area contributed by atoms with Gasteiger partial charge in [-0.1, -0.05) is 12.2 Å². The van der Waals surface area contributed by atoms with Crippen LogP contribution in [0.3, 0.4) is 0 Å². The molecule has 6 heteroatoms. The lowest BCUT2D eigenvalue weighted by Crippen LogP contribution is -2.17. The van der Waals surface area contributed by atoms with Crippen LogP contribution in [0.5, 0.6) is 0 Å². The Morgan fingerprint density at radius 1 is 1.42 bits per heavy atom. The molecule has 0 atom stereocenters. The summed E-state index contributed by atoms with van der Waals surface area (Å²) in [6.07, 6.45) is 0. The maximum Gasteiger partial charge on any atom is 0.266 e. The van der Waals surface area contributed by atoms with Crippen molar-refractivity contribution in [1.29, 1.82) is 0 Å². The van der Waals surface area contributed by atoms with E-state index in [4.69, 9.17) is 18.0 Å². The molecule has 0 radical (unpaired) electrons. The average molecular weight is 294 g/mol. The van der Waals surface area contributed by atoms with E-state index < -0.39 is 5.82 Å². The molecule has 2 aromatic rings. The summed E-state index contributed by atoms with van der Waals surface area (Å²) in [5, 5.41) is 4.54. The molecule has 0 aliphatic carbocycles. The van der Waals surface area contributed by atoms with Gasteiger partial charge in [-0.15, -0.1) is 11.3 Å². The molecule has 19 heavy (non-hydrogen) atoms. The van der Waals surface area contributed by atoms with Crippen molar-refractivity contribution >= 4 is 40.1 Å². The molecule has 1 amide bonds. The van der Waals surface area contributed by atoms with Crippen LogP contribution in [0.1, 0.15) is 20.8 Å². The zero-order chi connectivity index (χ0) is 14.0. The maximum absolute atomic E-state index is 13.2. The Morgan fingerprint density at radius 3 is 2.74 bits per heavy atom. The number of carbonyl (C=O) groups is 1. The lowest BCUT2D eigenvalue weighted by molar-refractivity contribution is 0.103. The van der Waals surface area contributed by atoms with E-state index in [-0.39, 0.29) is 10.9 Å². The van der Waals surface area contributed by atoms with Crippen molar-refractivity contribution in [2.24, 2.45) is 5.73 Å². The van der Waals surface area contributed by atoms with Crippen molar-refractivity contribution in [2.75, 3.05) is 5.32 Å². The lowest BCUT2D eigenvalue weighted by Gasteiger charge is -2.10. The lowest BCUT2D eigenvalue weighted by atomic mass is 10.1. The summed E-state index contributed by atoms with van der Waals surface area (Å²) in [6.45, 7) is 1.85. The number of nitrogens with one attached hydrogen (secondary N) is 1. The maximum atomic E-state index is 13.2. The van der Waals surface area contributed by atoms with Gasteiger partial charge in [0.1, 0.15) is 10.8 Å². The highest BCUT2D eigenvalue weighted by molar-refractivity contribution is 7.80. The average Bonchev–Trinajstić information content (AvgIpc) is 2.77. The summed E-state index contributed by atoms with van der Waals surface area (Å²) in [5.41, 5.74) is 7.14. The molecule has 0 aliphatic heterocycles. The van der Waals surface area contributed by atoms with Crippen LogP contribution in [0.4, 0.5) is 10.1 Å². The van der Waals surface area contributed by atoms with E-state index in [2.05, 4.69) is 5.32 Å². The van der Waals surface area contributed by atoms with Crippen LogP contribution in [-0.2, 0) is 0 Å². The normalized spacial score (nSPS) is 10.2. The number of benzene rings is 1. The van der Waals surface area contributed by atoms with E-state index in [1.807, 2.05) is 18.4 Å². The Hall–Kier alpha value is -1.79. The van der Waals surface area contributed by atoms with Crippen molar-refractivity contribution < 1.29 is 9.18 Å². The quantitative estimate of drug-likeness (QED) is 0.855. The van der Waals surface area contributed by atoms with Gasteiger partial charge in [-0.25, -0.2) is 4.39 Å². The number of thiophene rings is 1. The number of carbonyl (C=O) groups excluding carboxylic acids is 1. The molecule has 0 saturated heterocycles. The van der Waals surface area contributed by atoms with Crippen LogP contribution in [0.25, 0.3) is 0 Å². The first kappa shape index (κ1) is 13.6. The smallest absolute Gasteiger partial charge is 0.266 e. The van der Waals surface area contributed by atoms with Gasteiger partial charge in [-0.3, -0.25) is 4.79 Å². The number of nitrogens with two attached hydrogens (primary N) is 1. The Labute approximate surface area is 119 Å². The summed E-state index contributed by atoms with van der Waals surface area (Å²) in [5.74, 6) is -0.704. The second-order valence-corrected chi connectivity index (χ2v) is 5.30. The second-order valence-electron chi connectivity index (χ2n) is 3.94. The number of hydrogen-bond acceptors (Lipinski definition) is 3. The van der Waals surface area contributed by atoms with Crippen LogP contribution in [0, 0.1) is 12.7 Å². The SMILES string of the molecule is Cc1ccsc1C(=O)Nc1ccc(F)cc1C(N)=S. The van der Waals surface area contributed by atoms with E-state index in [0.717, 1.165) is 5.56 Å². The fourth-order valence-corrected chi connectivity index (χ4v) is 2.60. The van der Waals surface area contributed by atoms with Crippen molar-refractivity contribution in [2.45, 2.75) is 6.92 Å². The van der Waals surface area contributed by atoms with Gasteiger partial charge in [-0.2, -0.15) is 0 Å². The monoisotopic (exact) mass is 294 g/mol. The minimum Gasteiger partial charge on any atom is -0.389 e. The first-order valence-corrected chi connectivity index (χ1v) is 6.72. The molecule has 1 aromatic heterocycles. The van der Waals surface area contributed by atoms with Crippen molar-refractivity contribution in [3.63, 3.8) is 0 Å². The fourth-order valence-electron chi connectivity index (χ4n) is 1.61. The third-order valence-corrected chi connectivity index (χ3v) is 3.80. The van der Waals surface area contributed by atoms with Gasteiger partial charge in [0.05, 0.1) is 10.6 Å². The van der Waals surface area contributed by atoms with E-state index >= 15 is 0 Å². The molecule has 0 spiro atoms.